The number of rotatable bonds is 0. The first-order chi connectivity index (χ1) is 5.46. The van der Waals surface area contributed by atoms with Crippen molar-refractivity contribution < 1.29 is 18.3 Å². The fourth-order valence-corrected chi connectivity index (χ4v) is 1.42. The van der Waals surface area contributed by atoms with Crippen LogP contribution >= 0.6 is 18.5 Å². The van der Waals surface area contributed by atoms with Crippen LogP contribution in [0.1, 0.15) is 0 Å². The summed E-state index contributed by atoms with van der Waals surface area (Å²) in [6.45, 7) is 0. The Hall–Kier alpha value is -0.330. The zero-order chi connectivity index (χ0) is 9.46. The first-order valence-corrected chi connectivity index (χ1v) is 4.02. The summed E-state index contributed by atoms with van der Waals surface area (Å²) in [7, 11) is 3.51. The minimum Gasteiger partial charge on any atom is -0.504 e. The normalized spacial score (nSPS) is 10.4. The summed E-state index contributed by atoms with van der Waals surface area (Å²) in [4.78, 5) is 0. The van der Waals surface area contributed by atoms with Gasteiger partial charge in [-0.1, -0.05) is 18.5 Å². The lowest BCUT2D eigenvalue weighted by atomic mass is 10.3. The van der Waals surface area contributed by atoms with Crippen molar-refractivity contribution in [3.8, 4) is 5.75 Å². The number of phenols is 1. The number of aromatic hydroxyl groups is 1. The number of phenolic OH excluding ortho intramolecular Hbond substituents is 1. The second kappa shape index (κ2) is 3.20. The topological polar surface area (TPSA) is 20.2 Å². The summed E-state index contributed by atoms with van der Waals surface area (Å²) in [6.07, 6.45) is 0. The summed E-state index contributed by atoms with van der Waals surface area (Å²) in [6, 6.07) is 0. The Morgan fingerprint density at radius 3 is 1.83 bits per heavy atom. The second-order valence-corrected chi connectivity index (χ2v) is 3.27. The lowest BCUT2D eigenvalue weighted by Crippen LogP contribution is -2.17. The van der Waals surface area contributed by atoms with Gasteiger partial charge in [-0.3, -0.25) is 0 Å². The maximum absolute atomic E-state index is 12.8. The monoisotopic (exact) mass is 212 g/mol. The number of benzene rings is 1. The molecule has 1 rings (SSSR count). The van der Waals surface area contributed by atoms with Crippen molar-refractivity contribution in [2.45, 2.75) is 0 Å². The van der Waals surface area contributed by atoms with Crippen molar-refractivity contribution in [3.63, 3.8) is 0 Å². The first kappa shape index (κ1) is 9.76. The summed E-state index contributed by atoms with van der Waals surface area (Å²) in [5, 5.41) is 7.91. The summed E-state index contributed by atoms with van der Waals surface area (Å²) in [5.41, 5.74) is 0. The Bertz CT molecular complexity index is 235. The van der Waals surface area contributed by atoms with E-state index in [1.807, 2.05) is 0 Å². The predicted octanol–water partition coefficient (Wildman–Crippen LogP) is 0.810. The minimum atomic E-state index is -1.44. The predicted molar refractivity (Wildman–Crippen MR) is 46.7 cm³/mol. The molecule has 0 aliphatic rings. The van der Waals surface area contributed by atoms with Gasteiger partial charge in [-0.2, -0.15) is 4.39 Å². The van der Waals surface area contributed by atoms with E-state index in [1.165, 1.54) is 0 Å². The molecule has 2 unspecified atom stereocenters. The molecule has 0 saturated carbocycles. The van der Waals surface area contributed by atoms with Gasteiger partial charge in [0.05, 0.1) is 5.30 Å². The molecule has 0 aliphatic carbocycles. The molecule has 0 bridgehead atoms. The summed E-state index contributed by atoms with van der Waals surface area (Å²) in [5.74, 6) is -4.82. The molecule has 0 spiro atoms. The highest BCUT2D eigenvalue weighted by atomic mass is 31.0. The van der Waals surface area contributed by atoms with Gasteiger partial charge in [-0.15, -0.1) is 0 Å². The fourth-order valence-electron chi connectivity index (χ4n) is 0.686. The Morgan fingerprint density at radius 1 is 0.833 bits per heavy atom. The largest absolute Gasteiger partial charge is 0.504 e. The highest BCUT2D eigenvalue weighted by Gasteiger charge is 2.19. The maximum atomic E-state index is 12.8. The molecule has 0 saturated heterocycles. The molecule has 12 heavy (non-hydrogen) atoms. The van der Waals surface area contributed by atoms with E-state index in [9.17, 15) is 13.2 Å². The van der Waals surface area contributed by atoms with Gasteiger partial charge in [0.15, 0.2) is 11.6 Å². The van der Waals surface area contributed by atoms with Crippen LogP contribution in [0.15, 0.2) is 0 Å². The van der Waals surface area contributed by atoms with E-state index in [4.69, 9.17) is 5.11 Å². The van der Waals surface area contributed by atoms with Crippen LogP contribution in [0.3, 0.4) is 0 Å². The standard InChI is InChI=1S/C6H5F3OP2/c7-1-2(8)5(11)3(9)6(12)4(1)10/h10H,11-12H2. The Morgan fingerprint density at radius 2 is 1.33 bits per heavy atom. The SMILES string of the molecule is Oc1c(F)c(F)c(P)c(F)c1P. The van der Waals surface area contributed by atoms with Crippen LogP contribution in [0.5, 0.6) is 5.75 Å². The molecule has 2 atom stereocenters. The molecule has 0 fully saturated rings. The Kier molecular flexibility index (Phi) is 2.60. The fraction of sp³-hybridized carbons (Fsp3) is 0. The van der Waals surface area contributed by atoms with Gasteiger partial charge in [0.25, 0.3) is 0 Å². The average molecular weight is 212 g/mol. The van der Waals surface area contributed by atoms with Gasteiger partial charge in [0.1, 0.15) is 5.82 Å². The molecular formula is C6H5F3OP2. The van der Waals surface area contributed by atoms with Crippen LogP contribution in [-0.2, 0) is 0 Å². The molecule has 0 aromatic heterocycles. The van der Waals surface area contributed by atoms with Gasteiger partial charge in [0.2, 0.25) is 5.82 Å². The van der Waals surface area contributed by atoms with E-state index in [-0.39, 0.29) is 5.30 Å². The molecule has 1 aromatic carbocycles. The van der Waals surface area contributed by atoms with Crippen molar-refractivity contribution in [3.05, 3.63) is 17.5 Å². The average Bonchev–Trinajstić information content (AvgIpc) is 2.08. The third kappa shape index (κ3) is 1.30. The zero-order valence-corrected chi connectivity index (χ0v) is 8.05. The molecule has 0 aliphatic heterocycles. The third-order valence-electron chi connectivity index (χ3n) is 1.37. The lowest BCUT2D eigenvalue weighted by molar-refractivity contribution is 0.408. The van der Waals surface area contributed by atoms with Crippen LogP contribution < -0.4 is 10.6 Å². The molecule has 1 aromatic rings. The first-order valence-electron chi connectivity index (χ1n) is 2.87. The van der Waals surface area contributed by atoms with Crippen LogP contribution in [0, 0.1) is 17.5 Å². The van der Waals surface area contributed by atoms with Crippen molar-refractivity contribution in [1.82, 2.24) is 0 Å². The molecular weight excluding hydrogens is 207 g/mol. The van der Waals surface area contributed by atoms with Crippen molar-refractivity contribution in [2.75, 3.05) is 0 Å². The smallest absolute Gasteiger partial charge is 0.201 e. The summed E-state index contributed by atoms with van der Waals surface area (Å²) >= 11 is 0. The van der Waals surface area contributed by atoms with Crippen LogP contribution in [0.25, 0.3) is 0 Å². The van der Waals surface area contributed by atoms with Crippen LogP contribution in [0.4, 0.5) is 13.2 Å². The molecule has 0 amide bonds. The molecule has 1 N–H and O–H groups in total. The van der Waals surface area contributed by atoms with Crippen molar-refractivity contribution in [1.29, 1.82) is 0 Å². The van der Waals surface area contributed by atoms with Gasteiger partial charge in [-0.25, -0.2) is 8.78 Å². The van der Waals surface area contributed by atoms with E-state index in [0.717, 1.165) is 0 Å². The maximum Gasteiger partial charge on any atom is 0.201 e. The molecule has 6 heteroatoms. The highest BCUT2D eigenvalue weighted by molar-refractivity contribution is 7.29. The quantitative estimate of drug-likeness (QED) is 0.498. The third-order valence-corrected chi connectivity index (χ3v) is 2.40. The van der Waals surface area contributed by atoms with E-state index in [2.05, 4.69) is 0 Å². The minimum absolute atomic E-state index is 0.376. The highest BCUT2D eigenvalue weighted by Crippen LogP contribution is 2.20. The van der Waals surface area contributed by atoms with Gasteiger partial charge in [0, 0.05) is 5.30 Å². The molecule has 66 valence electrons. The van der Waals surface area contributed by atoms with Crippen LogP contribution in [-0.4, -0.2) is 5.11 Å². The number of hydrogen-bond acceptors (Lipinski definition) is 1. The Balaban J connectivity index is 3.60. The molecule has 1 nitrogen and oxygen atoms in total. The van der Waals surface area contributed by atoms with E-state index in [0.29, 0.717) is 0 Å². The number of halogens is 3. The van der Waals surface area contributed by atoms with E-state index >= 15 is 0 Å². The Labute approximate surface area is 71.4 Å². The van der Waals surface area contributed by atoms with E-state index in [1.54, 1.807) is 18.5 Å². The zero-order valence-electron chi connectivity index (χ0n) is 5.74. The van der Waals surface area contributed by atoms with Crippen molar-refractivity contribution >= 4 is 29.1 Å². The second-order valence-electron chi connectivity index (χ2n) is 2.12. The van der Waals surface area contributed by atoms with Gasteiger partial charge >= 0.3 is 0 Å². The lowest BCUT2D eigenvalue weighted by Gasteiger charge is -2.05. The van der Waals surface area contributed by atoms with E-state index < -0.39 is 28.5 Å². The van der Waals surface area contributed by atoms with Crippen LogP contribution in [0.2, 0.25) is 0 Å². The van der Waals surface area contributed by atoms with Gasteiger partial charge in [-0.05, 0) is 0 Å². The van der Waals surface area contributed by atoms with Crippen molar-refractivity contribution in [2.24, 2.45) is 0 Å². The van der Waals surface area contributed by atoms with Gasteiger partial charge < -0.3 is 5.11 Å². The molecule has 0 heterocycles. The molecule has 0 radical (unpaired) electrons. The number of hydrogen-bond donors (Lipinski definition) is 1. The summed E-state index contributed by atoms with van der Waals surface area (Å²) < 4.78 is 38.1.